The van der Waals surface area contributed by atoms with Gasteiger partial charge in [0.1, 0.15) is 0 Å². The molecule has 1 N–H and O–H groups in total. The van der Waals surface area contributed by atoms with E-state index in [9.17, 15) is 14.9 Å². The van der Waals surface area contributed by atoms with Gasteiger partial charge >= 0.3 is 5.69 Å². The minimum Gasteiger partial charge on any atom is -0.477 e. The first kappa shape index (κ1) is 17.2. The van der Waals surface area contributed by atoms with Crippen molar-refractivity contribution in [2.75, 3.05) is 13.4 Å². The number of para-hydroxylation sites is 2. The van der Waals surface area contributed by atoms with Crippen LogP contribution >= 0.6 is 0 Å². The molecule has 0 spiro atoms. The minimum atomic E-state index is -0.574. The average Bonchev–Trinajstić information content (AvgIpc) is 3.12. The molecule has 1 amide bonds. The number of carbonyl (C=O) groups excluding carboxylic acids is 1. The maximum atomic E-state index is 11.9. The van der Waals surface area contributed by atoms with E-state index in [1.807, 2.05) is 0 Å². The van der Waals surface area contributed by atoms with Crippen molar-refractivity contribution in [2.45, 2.75) is 6.92 Å². The highest BCUT2D eigenvalue weighted by molar-refractivity contribution is 5.99. The fourth-order valence-electron chi connectivity index (χ4n) is 2.24. The molecule has 26 heavy (non-hydrogen) atoms. The Balaban J connectivity index is 1.58. The first-order valence-electron chi connectivity index (χ1n) is 7.64. The molecule has 2 aromatic carbocycles. The van der Waals surface area contributed by atoms with Gasteiger partial charge < -0.3 is 14.2 Å². The van der Waals surface area contributed by atoms with Gasteiger partial charge in [-0.1, -0.05) is 12.1 Å². The molecule has 0 saturated heterocycles. The smallest absolute Gasteiger partial charge is 0.310 e. The Hall–Kier alpha value is -3.62. The molecule has 134 valence electrons. The Morgan fingerprint density at radius 2 is 2.04 bits per heavy atom. The number of ether oxygens (including phenoxy) is 3. The zero-order chi connectivity index (χ0) is 18.5. The summed E-state index contributed by atoms with van der Waals surface area (Å²) in [4.78, 5) is 22.2. The monoisotopic (exact) mass is 357 g/mol. The Morgan fingerprint density at radius 1 is 1.27 bits per heavy atom. The van der Waals surface area contributed by atoms with E-state index >= 15 is 0 Å². The highest BCUT2D eigenvalue weighted by atomic mass is 16.7. The van der Waals surface area contributed by atoms with Gasteiger partial charge in [0.05, 0.1) is 10.6 Å². The van der Waals surface area contributed by atoms with Gasteiger partial charge in [0, 0.05) is 11.6 Å². The number of hydrogen-bond acceptors (Lipinski definition) is 7. The predicted molar refractivity (Wildman–Crippen MR) is 91.5 cm³/mol. The maximum Gasteiger partial charge on any atom is 0.310 e. The molecule has 0 bridgehead atoms. The Kier molecular flexibility index (Phi) is 4.97. The summed E-state index contributed by atoms with van der Waals surface area (Å²) in [6.07, 6.45) is 0. The fourth-order valence-corrected chi connectivity index (χ4v) is 2.24. The molecule has 1 heterocycles. The van der Waals surface area contributed by atoms with Crippen LogP contribution in [0.3, 0.4) is 0 Å². The second kappa shape index (κ2) is 7.51. The number of hydrogen-bond donors (Lipinski definition) is 1. The molecule has 1 aliphatic heterocycles. The lowest BCUT2D eigenvalue weighted by molar-refractivity contribution is -0.385. The van der Waals surface area contributed by atoms with Crippen molar-refractivity contribution < 1.29 is 23.9 Å². The third-order valence-electron chi connectivity index (χ3n) is 3.56. The van der Waals surface area contributed by atoms with E-state index in [1.54, 1.807) is 31.2 Å². The molecule has 1 aliphatic rings. The Bertz CT molecular complexity index is 881. The molecule has 2 aromatic rings. The summed E-state index contributed by atoms with van der Waals surface area (Å²) < 4.78 is 15.7. The lowest BCUT2D eigenvalue weighted by Crippen LogP contribution is -2.25. The highest BCUT2D eigenvalue weighted by Gasteiger charge is 2.16. The van der Waals surface area contributed by atoms with E-state index in [-0.39, 0.29) is 18.2 Å². The van der Waals surface area contributed by atoms with Crippen LogP contribution in [0.2, 0.25) is 0 Å². The molecule has 0 aliphatic carbocycles. The Labute approximate surface area is 148 Å². The van der Waals surface area contributed by atoms with Gasteiger partial charge in [-0.3, -0.25) is 14.9 Å². The number of rotatable bonds is 6. The SMILES string of the molecule is C/C(=N/NC(=O)COc1ccccc1[N+](=O)[O-])c1ccc2c(c1)OCO2. The molecule has 0 fully saturated rings. The number of amides is 1. The molecule has 9 nitrogen and oxygen atoms in total. The molecule has 3 rings (SSSR count). The Morgan fingerprint density at radius 3 is 2.85 bits per heavy atom. The van der Waals surface area contributed by atoms with E-state index in [1.165, 1.54) is 18.2 Å². The standard InChI is InChI=1S/C17H15N3O6/c1-11(12-6-7-15-16(8-12)26-10-25-15)18-19-17(21)9-24-14-5-3-2-4-13(14)20(22)23/h2-8H,9-10H2,1H3,(H,19,21)/b18-11-. The van der Waals surface area contributed by atoms with Gasteiger partial charge in [-0.25, -0.2) is 5.43 Å². The van der Waals surface area contributed by atoms with E-state index < -0.39 is 17.4 Å². The van der Waals surface area contributed by atoms with Crippen molar-refractivity contribution in [2.24, 2.45) is 5.10 Å². The van der Waals surface area contributed by atoms with E-state index in [2.05, 4.69) is 10.5 Å². The predicted octanol–water partition coefficient (Wildman–Crippen LogP) is 2.24. The summed E-state index contributed by atoms with van der Waals surface area (Å²) in [5.41, 5.74) is 3.46. The number of fused-ring (bicyclic) bond motifs is 1. The van der Waals surface area contributed by atoms with Crippen LogP contribution in [0.1, 0.15) is 12.5 Å². The maximum absolute atomic E-state index is 11.9. The molecular weight excluding hydrogens is 342 g/mol. The summed E-state index contributed by atoms with van der Waals surface area (Å²) >= 11 is 0. The van der Waals surface area contributed by atoms with E-state index in [0.29, 0.717) is 17.2 Å². The second-order valence-electron chi connectivity index (χ2n) is 5.31. The van der Waals surface area contributed by atoms with Crippen LogP contribution in [0.4, 0.5) is 5.69 Å². The molecular formula is C17H15N3O6. The van der Waals surface area contributed by atoms with Crippen LogP contribution in [0.25, 0.3) is 0 Å². The quantitative estimate of drug-likeness (QED) is 0.482. The van der Waals surface area contributed by atoms with E-state index in [0.717, 1.165) is 5.56 Å². The number of carbonyl (C=O) groups is 1. The van der Waals surface area contributed by atoms with Gasteiger partial charge in [0.25, 0.3) is 5.91 Å². The summed E-state index contributed by atoms with van der Waals surface area (Å²) in [6.45, 7) is 1.50. The van der Waals surface area contributed by atoms with Gasteiger partial charge in [-0.15, -0.1) is 0 Å². The number of nitrogens with one attached hydrogen (secondary N) is 1. The van der Waals surface area contributed by atoms with Crippen LogP contribution in [0.15, 0.2) is 47.6 Å². The van der Waals surface area contributed by atoms with Crippen LogP contribution in [-0.4, -0.2) is 29.9 Å². The fraction of sp³-hybridized carbons (Fsp3) is 0.176. The molecule has 9 heteroatoms. The largest absolute Gasteiger partial charge is 0.477 e. The number of hydrazone groups is 1. The zero-order valence-electron chi connectivity index (χ0n) is 13.8. The first-order chi connectivity index (χ1) is 12.5. The first-order valence-corrected chi connectivity index (χ1v) is 7.64. The van der Waals surface area contributed by atoms with Crippen molar-refractivity contribution in [1.82, 2.24) is 5.43 Å². The van der Waals surface area contributed by atoms with Crippen LogP contribution < -0.4 is 19.6 Å². The van der Waals surface area contributed by atoms with E-state index in [4.69, 9.17) is 14.2 Å². The van der Waals surface area contributed by atoms with Crippen molar-refractivity contribution >= 4 is 17.3 Å². The van der Waals surface area contributed by atoms with Crippen molar-refractivity contribution in [1.29, 1.82) is 0 Å². The summed E-state index contributed by atoms with van der Waals surface area (Å²) in [5.74, 6) is 0.749. The third kappa shape index (κ3) is 3.89. The van der Waals surface area contributed by atoms with Gasteiger partial charge in [-0.05, 0) is 31.2 Å². The summed E-state index contributed by atoms with van der Waals surface area (Å²) in [5, 5.41) is 14.9. The normalized spacial score (nSPS) is 12.6. The molecule has 0 unspecified atom stereocenters. The lowest BCUT2D eigenvalue weighted by atomic mass is 10.1. The average molecular weight is 357 g/mol. The number of nitrogens with zero attached hydrogens (tertiary/aromatic N) is 2. The topological polar surface area (TPSA) is 112 Å². The summed E-state index contributed by atoms with van der Waals surface area (Å²) in [7, 11) is 0. The molecule has 0 aromatic heterocycles. The second-order valence-corrected chi connectivity index (χ2v) is 5.31. The highest BCUT2D eigenvalue weighted by Crippen LogP contribution is 2.32. The van der Waals surface area contributed by atoms with Crippen LogP contribution in [-0.2, 0) is 4.79 Å². The third-order valence-corrected chi connectivity index (χ3v) is 3.56. The molecule has 0 radical (unpaired) electrons. The summed E-state index contributed by atoms with van der Waals surface area (Å²) in [6, 6.07) is 11.1. The van der Waals surface area contributed by atoms with Crippen LogP contribution in [0, 0.1) is 10.1 Å². The van der Waals surface area contributed by atoms with Gasteiger partial charge in [0.2, 0.25) is 6.79 Å². The lowest BCUT2D eigenvalue weighted by Gasteiger charge is -2.06. The minimum absolute atomic E-state index is 0.0177. The number of nitro groups is 1. The van der Waals surface area contributed by atoms with Gasteiger partial charge in [0.15, 0.2) is 23.9 Å². The molecule has 0 atom stereocenters. The number of nitro benzene ring substituents is 1. The van der Waals surface area contributed by atoms with Gasteiger partial charge in [-0.2, -0.15) is 5.10 Å². The molecule has 0 saturated carbocycles. The zero-order valence-corrected chi connectivity index (χ0v) is 13.8. The van der Waals surface area contributed by atoms with Crippen molar-refractivity contribution in [3.05, 3.63) is 58.1 Å². The number of benzene rings is 2. The van der Waals surface area contributed by atoms with Crippen molar-refractivity contribution in [3.8, 4) is 17.2 Å². The van der Waals surface area contributed by atoms with Crippen LogP contribution in [0.5, 0.6) is 17.2 Å². The van der Waals surface area contributed by atoms with Crippen molar-refractivity contribution in [3.63, 3.8) is 0 Å².